The van der Waals surface area contributed by atoms with Gasteiger partial charge < -0.3 is 4.90 Å². The number of carbonyl (C=O) groups is 1. The van der Waals surface area contributed by atoms with Gasteiger partial charge in [0, 0.05) is 24.7 Å². The minimum absolute atomic E-state index is 0.136. The summed E-state index contributed by atoms with van der Waals surface area (Å²) in [5.74, 6) is 0. The highest BCUT2D eigenvalue weighted by atomic mass is 32.1. The van der Waals surface area contributed by atoms with Gasteiger partial charge >= 0.3 is 12.2 Å². The molecule has 1 aliphatic heterocycles. The number of benzene rings is 1. The van der Waals surface area contributed by atoms with Crippen LogP contribution < -0.4 is 4.80 Å². The summed E-state index contributed by atoms with van der Waals surface area (Å²) < 4.78 is 39.9. The lowest BCUT2D eigenvalue weighted by Crippen LogP contribution is -2.27. The van der Waals surface area contributed by atoms with E-state index in [2.05, 4.69) is 4.99 Å². The molecule has 0 N–H and O–H groups in total. The smallest absolute Gasteiger partial charge is 0.323 e. The van der Waals surface area contributed by atoms with Crippen molar-refractivity contribution in [3.05, 3.63) is 45.7 Å². The van der Waals surface area contributed by atoms with Gasteiger partial charge in [-0.25, -0.2) is 4.79 Å². The van der Waals surface area contributed by atoms with Crippen LogP contribution in [0.15, 0.2) is 34.8 Å². The minimum Gasteiger partial charge on any atom is -0.323 e. The molecule has 0 bridgehead atoms. The van der Waals surface area contributed by atoms with Crippen LogP contribution in [0.4, 0.5) is 18.0 Å². The molecular weight excluding hydrogens is 353 g/mol. The monoisotopic (exact) mass is 366 g/mol. The van der Waals surface area contributed by atoms with E-state index in [1.807, 2.05) is 0 Å². The van der Waals surface area contributed by atoms with Gasteiger partial charge in [-0.15, -0.1) is 11.3 Å². The number of nitriles is 1. The Morgan fingerprint density at radius 3 is 2.64 bits per heavy atom. The van der Waals surface area contributed by atoms with Gasteiger partial charge in [0.05, 0.1) is 16.8 Å². The molecule has 0 unspecified atom stereocenters. The fourth-order valence-electron chi connectivity index (χ4n) is 2.61. The number of aromatic nitrogens is 1. The lowest BCUT2D eigenvalue weighted by molar-refractivity contribution is -0.137. The first-order valence-electron chi connectivity index (χ1n) is 7.51. The van der Waals surface area contributed by atoms with Crippen molar-refractivity contribution < 1.29 is 18.0 Å². The second kappa shape index (κ2) is 6.72. The van der Waals surface area contributed by atoms with E-state index in [4.69, 9.17) is 0 Å². The molecule has 1 aliphatic rings. The van der Waals surface area contributed by atoms with E-state index >= 15 is 0 Å². The highest BCUT2D eigenvalue weighted by molar-refractivity contribution is 7.07. The van der Waals surface area contributed by atoms with Gasteiger partial charge in [0.25, 0.3) is 0 Å². The molecule has 3 rings (SSSR count). The first-order chi connectivity index (χ1) is 11.9. The second-order valence-electron chi connectivity index (χ2n) is 5.49. The molecule has 0 atom stereocenters. The normalized spacial score (nSPS) is 15.4. The molecule has 2 heterocycles. The van der Waals surface area contributed by atoms with Crippen LogP contribution in [0.2, 0.25) is 0 Å². The van der Waals surface area contributed by atoms with E-state index in [1.165, 1.54) is 22.0 Å². The molecule has 25 heavy (non-hydrogen) atoms. The molecule has 1 saturated heterocycles. The number of likely N-dealkylation sites (tertiary alicyclic amines) is 1. The quantitative estimate of drug-likeness (QED) is 0.775. The van der Waals surface area contributed by atoms with E-state index < -0.39 is 11.7 Å². The Kier molecular flexibility index (Phi) is 4.63. The van der Waals surface area contributed by atoms with Crippen LogP contribution in [0.25, 0.3) is 5.69 Å². The summed E-state index contributed by atoms with van der Waals surface area (Å²) in [4.78, 5) is 18.2. The Morgan fingerprint density at radius 2 is 2.00 bits per heavy atom. The largest absolute Gasteiger partial charge is 0.416 e. The molecule has 1 aromatic heterocycles. The van der Waals surface area contributed by atoms with Crippen LogP contribution in [0, 0.1) is 11.3 Å². The summed E-state index contributed by atoms with van der Waals surface area (Å²) in [7, 11) is 0. The number of nitrogens with zero attached hydrogens (tertiary/aromatic N) is 4. The first kappa shape index (κ1) is 17.2. The number of rotatable bonds is 1. The number of halogens is 3. The molecule has 130 valence electrons. The third-order valence-electron chi connectivity index (χ3n) is 3.86. The maximum Gasteiger partial charge on any atom is 0.416 e. The zero-order valence-electron chi connectivity index (χ0n) is 13.0. The molecular formula is C16H13F3N4OS. The average Bonchev–Trinajstić information content (AvgIpc) is 3.25. The summed E-state index contributed by atoms with van der Waals surface area (Å²) in [5.41, 5.74) is -0.775. The molecule has 0 spiro atoms. The van der Waals surface area contributed by atoms with Gasteiger partial charge in [0.1, 0.15) is 6.07 Å². The summed E-state index contributed by atoms with van der Waals surface area (Å²) >= 11 is 1.18. The lowest BCUT2D eigenvalue weighted by atomic mass is 10.1. The molecule has 9 heteroatoms. The maximum atomic E-state index is 12.8. The standard InChI is InChI=1S/C16H13F3N4OS/c17-16(18,19)12-3-4-13(11(9-12)10-20)23-7-8-25-15(23)21-14(24)22-5-1-2-6-22/h3-4,7-9H,1-2,5-6H2/b21-15-. The second-order valence-corrected chi connectivity index (χ2v) is 6.36. The molecule has 0 radical (unpaired) electrons. The number of thiazole rings is 1. The van der Waals surface area contributed by atoms with Gasteiger partial charge in [0.2, 0.25) is 0 Å². The predicted octanol–water partition coefficient (Wildman–Crippen LogP) is 3.55. The number of hydrogen-bond acceptors (Lipinski definition) is 3. The van der Waals surface area contributed by atoms with Crippen molar-refractivity contribution in [2.45, 2.75) is 19.0 Å². The molecule has 1 fully saturated rings. The Morgan fingerprint density at radius 1 is 1.28 bits per heavy atom. The Hall–Kier alpha value is -2.60. The number of urea groups is 1. The number of alkyl halides is 3. The van der Waals surface area contributed by atoms with Gasteiger partial charge in [-0.2, -0.15) is 23.4 Å². The summed E-state index contributed by atoms with van der Waals surface area (Å²) in [6.07, 6.45) is -1.08. The third kappa shape index (κ3) is 3.58. The minimum atomic E-state index is -4.53. The van der Waals surface area contributed by atoms with Crippen LogP contribution in [0.3, 0.4) is 0 Å². The predicted molar refractivity (Wildman–Crippen MR) is 85.1 cm³/mol. The molecule has 5 nitrogen and oxygen atoms in total. The van der Waals surface area contributed by atoms with Crippen molar-refractivity contribution in [1.29, 1.82) is 5.26 Å². The van der Waals surface area contributed by atoms with Crippen molar-refractivity contribution in [3.63, 3.8) is 0 Å². The van der Waals surface area contributed by atoms with E-state index in [0.717, 1.165) is 25.0 Å². The van der Waals surface area contributed by atoms with Crippen LogP contribution in [0.1, 0.15) is 24.0 Å². The van der Waals surface area contributed by atoms with Gasteiger partial charge in [0.15, 0.2) is 4.80 Å². The van der Waals surface area contributed by atoms with Gasteiger partial charge in [-0.3, -0.25) is 4.57 Å². The number of hydrogen-bond donors (Lipinski definition) is 0. The zero-order chi connectivity index (χ0) is 18.0. The van der Waals surface area contributed by atoms with Crippen LogP contribution >= 0.6 is 11.3 Å². The van der Waals surface area contributed by atoms with Crippen molar-refractivity contribution >= 4 is 17.4 Å². The SMILES string of the molecule is N#Cc1cc(C(F)(F)F)ccc1-n1ccs/c1=N\C(=O)N1CCCC1. The van der Waals surface area contributed by atoms with E-state index in [0.29, 0.717) is 17.9 Å². The molecule has 2 aromatic rings. The maximum absolute atomic E-state index is 12.8. The van der Waals surface area contributed by atoms with Crippen molar-refractivity contribution in [1.82, 2.24) is 9.47 Å². The molecule has 1 aromatic carbocycles. The average molecular weight is 366 g/mol. The van der Waals surface area contributed by atoms with Crippen molar-refractivity contribution in [2.75, 3.05) is 13.1 Å². The molecule has 2 amide bonds. The summed E-state index contributed by atoms with van der Waals surface area (Å²) in [5, 5.41) is 10.9. The van der Waals surface area contributed by atoms with Crippen molar-refractivity contribution in [2.24, 2.45) is 4.99 Å². The Labute approximate surface area is 145 Å². The Bertz CT molecular complexity index is 901. The zero-order valence-corrected chi connectivity index (χ0v) is 13.8. The molecule has 0 saturated carbocycles. The van der Waals surface area contributed by atoms with E-state index in [1.54, 1.807) is 22.5 Å². The summed E-state index contributed by atoms with van der Waals surface area (Å²) in [6.45, 7) is 1.30. The van der Waals surface area contributed by atoms with E-state index in [-0.39, 0.29) is 17.3 Å². The van der Waals surface area contributed by atoms with E-state index in [9.17, 15) is 23.2 Å². The van der Waals surface area contributed by atoms with Crippen LogP contribution in [-0.2, 0) is 6.18 Å². The van der Waals surface area contributed by atoms with Gasteiger partial charge in [-0.1, -0.05) is 0 Å². The number of amides is 2. The first-order valence-corrected chi connectivity index (χ1v) is 8.39. The van der Waals surface area contributed by atoms with Crippen LogP contribution in [-0.4, -0.2) is 28.6 Å². The number of carbonyl (C=O) groups excluding carboxylic acids is 1. The third-order valence-corrected chi connectivity index (χ3v) is 4.62. The lowest BCUT2D eigenvalue weighted by Gasteiger charge is -2.12. The topological polar surface area (TPSA) is 61.4 Å². The summed E-state index contributed by atoms with van der Waals surface area (Å²) in [6, 6.07) is 4.33. The Balaban J connectivity index is 2.03. The highest BCUT2D eigenvalue weighted by Crippen LogP contribution is 2.31. The fraction of sp³-hybridized carbons (Fsp3) is 0.312. The highest BCUT2D eigenvalue weighted by Gasteiger charge is 2.31. The fourth-order valence-corrected chi connectivity index (χ4v) is 3.32. The van der Waals surface area contributed by atoms with Crippen LogP contribution in [0.5, 0.6) is 0 Å². The molecule has 0 aliphatic carbocycles. The van der Waals surface area contributed by atoms with Gasteiger partial charge in [-0.05, 0) is 31.0 Å². The van der Waals surface area contributed by atoms with Crippen molar-refractivity contribution in [3.8, 4) is 11.8 Å².